The van der Waals surface area contributed by atoms with E-state index in [1.165, 1.54) is 7.05 Å². The Hall–Kier alpha value is -3.16. The molecule has 0 bridgehead atoms. The number of nitrogens with one attached hydrogen (secondary N) is 2. The molecule has 1 heterocycles. The van der Waals surface area contributed by atoms with E-state index in [1.54, 1.807) is 31.2 Å². The van der Waals surface area contributed by atoms with Crippen molar-refractivity contribution in [3.63, 3.8) is 0 Å². The summed E-state index contributed by atoms with van der Waals surface area (Å²) < 4.78 is 10.0. The smallest absolute Gasteiger partial charge is 0.344 e. The van der Waals surface area contributed by atoms with Gasteiger partial charge in [-0.1, -0.05) is 35.5 Å². The van der Waals surface area contributed by atoms with Gasteiger partial charge in [-0.25, -0.2) is 4.79 Å². The highest BCUT2D eigenvalue weighted by Gasteiger charge is 2.23. The third kappa shape index (κ3) is 4.19. The van der Waals surface area contributed by atoms with Crippen molar-refractivity contribution >= 4 is 17.8 Å². The molecule has 126 valence electrons. The molecule has 0 aliphatic heterocycles. The molecule has 0 saturated carbocycles. The zero-order chi connectivity index (χ0) is 17.5. The van der Waals surface area contributed by atoms with Crippen LogP contribution >= 0.6 is 0 Å². The van der Waals surface area contributed by atoms with Gasteiger partial charge in [-0.2, -0.15) is 0 Å². The standard InChI is InChI=1S/C16H17N3O5/c1-10-14(15(19-24-10)11-6-4-3-5-7-11)16(22)23-9-13(21)18-8-12(20)17-2/h3-7H,8-9H2,1-2H3,(H,17,20)(H,18,21). The number of rotatable bonds is 6. The highest BCUT2D eigenvalue weighted by atomic mass is 16.5. The Labute approximate surface area is 138 Å². The number of amides is 2. The monoisotopic (exact) mass is 331 g/mol. The summed E-state index contributed by atoms with van der Waals surface area (Å²) in [6.07, 6.45) is 0. The minimum atomic E-state index is -0.720. The van der Waals surface area contributed by atoms with Crippen LogP contribution in [0.25, 0.3) is 11.3 Å². The molecular weight excluding hydrogens is 314 g/mol. The number of hydrogen-bond acceptors (Lipinski definition) is 6. The second-order valence-corrected chi connectivity index (χ2v) is 4.85. The molecule has 1 aromatic carbocycles. The fraction of sp³-hybridized carbons (Fsp3) is 0.250. The van der Waals surface area contributed by atoms with Crippen LogP contribution in [0.2, 0.25) is 0 Å². The largest absolute Gasteiger partial charge is 0.452 e. The van der Waals surface area contributed by atoms with E-state index >= 15 is 0 Å². The number of aromatic nitrogens is 1. The SMILES string of the molecule is CNC(=O)CNC(=O)COC(=O)c1c(-c2ccccc2)noc1C. The lowest BCUT2D eigenvalue weighted by Crippen LogP contribution is -2.37. The maximum atomic E-state index is 12.2. The maximum absolute atomic E-state index is 12.2. The summed E-state index contributed by atoms with van der Waals surface area (Å²) in [5.74, 6) is -1.36. The molecule has 0 aliphatic carbocycles. The van der Waals surface area contributed by atoms with Crippen molar-refractivity contribution in [2.24, 2.45) is 0 Å². The second-order valence-electron chi connectivity index (χ2n) is 4.85. The Morgan fingerprint density at radius 1 is 1.17 bits per heavy atom. The van der Waals surface area contributed by atoms with E-state index in [4.69, 9.17) is 9.26 Å². The van der Waals surface area contributed by atoms with Crippen molar-refractivity contribution in [3.05, 3.63) is 41.7 Å². The zero-order valence-electron chi connectivity index (χ0n) is 13.3. The van der Waals surface area contributed by atoms with Gasteiger partial charge >= 0.3 is 5.97 Å². The number of aryl methyl sites for hydroxylation is 1. The predicted molar refractivity (Wildman–Crippen MR) is 84.0 cm³/mol. The van der Waals surface area contributed by atoms with E-state index in [0.29, 0.717) is 17.0 Å². The number of carbonyl (C=O) groups is 3. The van der Waals surface area contributed by atoms with Crippen molar-refractivity contribution in [1.29, 1.82) is 0 Å². The molecule has 2 N–H and O–H groups in total. The third-order valence-electron chi connectivity index (χ3n) is 3.17. The molecular formula is C16H17N3O5. The average Bonchev–Trinajstić information content (AvgIpc) is 2.99. The maximum Gasteiger partial charge on any atom is 0.344 e. The van der Waals surface area contributed by atoms with Gasteiger partial charge < -0.3 is 19.9 Å². The molecule has 0 unspecified atom stereocenters. The molecule has 8 heteroatoms. The molecule has 24 heavy (non-hydrogen) atoms. The first kappa shape index (κ1) is 17.2. The van der Waals surface area contributed by atoms with Gasteiger partial charge in [0.2, 0.25) is 5.91 Å². The molecule has 0 spiro atoms. The van der Waals surface area contributed by atoms with E-state index < -0.39 is 18.5 Å². The molecule has 0 saturated heterocycles. The molecule has 2 aromatic rings. The number of benzene rings is 1. The summed E-state index contributed by atoms with van der Waals surface area (Å²) in [5.41, 5.74) is 1.22. The molecule has 1 aromatic heterocycles. The second kappa shape index (κ2) is 7.91. The van der Waals surface area contributed by atoms with Crippen LogP contribution in [0.4, 0.5) is 0 Å². The molecule has 0 radical (unpaired) electrons. The lowest BCUT2D eigenvalue weighted by Gasteiger charge is -2.06. The first-order chi connectivity index (χ1) is 11.5. The fourth-order valence-electron chi connectivity index (χ4n) is 1.93. The van der Waals surface area contributed by atoms with E-state index in [9.17, 15) is 14.4 Å². The minimum absolute atomic E-state index is 0.167. The van der Waals surface area contributed by atoms with Crippen LogP contribution in [0.3, 0.4) is 0 Å². The highest BCUT2D eigenvalue weighted by molar-refractivity contribution is 5.98. The Morgan fingerprint density at radius 3 is 2.54 bits per heavy atom. The first-order valence-electron chi connectivity index (χ1n) is 7.19. The highest BCUT2D eigenvalue weighted by Crippen LogP contribution is 2.25. The van der Waals surface area contributed by atoms with Gasteiger partial charge in [-0.3, -0.25) is 9.59 Å². The lowest BCUT2D eigenvalue weighted by atomic mass is 10.1. The predicted octanol–water partition coefficient (Wildman–Crippen LogP) is 0.669. The van der Waals surface area contributed by atoms with Crippen LogP contribution in [0, 0.1) is 6.92 Å². The van der Waals surface area contributed by atoms with Gasteiger partial charge in [-0.15, -0.1) is 0 Å². The molecule has 0 atom stereocenters. The fourth-order valence-corrected chi connectivity index (χ4v) is 1.93. The van der Waals surface area contributed by atoms with Gasteiger partial charge in [0.25, 0.3) is 5.91 Å². The number of nitrogens with zero attached hydrogens (tertiary/aromatic N) is 1. The summed E-state index contributed by atoms with van der Waals surface area (Å²) in [4.78, 5) is 34.8. The molecule has 0 fully saturated rings. The quantitative estimate of drug-likeness (QED) is 0.753. The average molecular weight is 331 g/mol. The number of carbonyl (C=O) groups excluding carboxylic acids is 3. The van der Waals surface area contributed by atoms with Gasteiger partial charge in [0, 0.05) is 12.6 Å². The summed E-state index contributed by atoms with van der Waals surface area (Å²) in [6, 6.07) is 9.01. The van der Waals surface area contributed by atoms with Gasteiger partial charge in [0.15, 0.2) is 6.61 Å². The zero-order valence-corrected chi connectivity index (χ0v) is 13.3. The Bertz CT molecular complexity index is 739. The van der Waals surface area contributed by atoms with Crippen LogP contribution in [0.15, 0.2) is 34.9 Å². The molecule has 8 nitrogen and oxygen atoms in total. The van der Waals surface area contributed by atoms with Crippen molar-refractivity contribution in [1.82, 2.24) is 15.8 Å². The number of ether oxygens (including phenoxy) is 1. The lowest BCUT2D eigenvalue weighted by molar-refractivity contribution is -0.127. The summed E-state index contributed by atoms with van der Waals surface area (Å²) in [5, 5.41) is 8.56. The van der Waals surface area contributed by atoms with Crippen LogP contribution in [0.5, 0.6) is 0 Å². The molecule has 2 amide bonds. The third-order valence-corrected chi connectivity index (χ3v) is 3.17. The van der Waals surface area contributed by atoms with E-state index in [2.05, 4.69) is 15.8 Å². The van der Waals surface area contributed by atoms with Crippen LogP contribution in [-0.2, 0) is 14.3 Å². The van der Waals surface area contributed by atoms with Crippen molar-refractivity contribution in [3.8, 4) is 11.3 Å². The Balaban J connectivity index is 2.02. The summed E-state index contributed by atoms with van der Waals surface area (Å²) >= 11 is 0. The molecule has 2 rings (SSSR count). The van der Waals surface area contributed by atoms with Crippen LogP contribution in [-0.4, -0.2) is 43.1 Å². The first-order valence-corrected chi connectivity index (χ1v) is 7.19. The number of hydrogen-bond donors (Lipinski definition) is 2. The van der Waals surface area contributed by atoms with Crippen LogP contribution < -0.4 is 10.6 Å². The topological polar surface area (TPSA) is 111 Å². The normalized spacial score (nSPS) is 10.1. The number of likely N-dealkylation sites (N-methyl/N-ethyl adjacent to an activating group) is 1. The van der Waals surface area contributed by atoms with Crippen molar-refractivity contribution in [2.75, 3.05) is 20.2 Å². The number of esters is 1. The summed E-state index contributed by atoms with van der Waals surface area (Å²) in [6.45, 7) is 0.894. The van der Waals surface area contributed by atoms with E-state index in [1.807, 2.05) is 6.07 Å². The van der Waals surface area contributed by atoms with Gasteiger partial charge in [-0.05, 0) is 6.92 Å². The van der Waals surface area contributed by atoms with E-state index in [0.717, 1.165) is 0 Å². The minimum Gasteiger partial charge on any atom is -0.452 e. The van der Waals surface area contributed by atoms with Gasteiger partial charge in [0.05, 0.1) is 6.54 Å². The Morgan fingerprint density at radius 2 is 1.88 bits per heavy atom. The van der Waals surface area contributed by atoms with Crippen molar-refractivity contribution < 1.29 is 23.6 Å². The van der Waals surface area contributed by atoms with E-state index in [-0.39, 0.29) is 18.0 Å². The summed E-state index contributed by atoms with van der Waals surface area (Å²) in [7, 11) is 1.45. The molecule has 0 aliphatic rings. The van der Waals surface area contributed by atoms with Crippen LogP contribution in [0.1, 0.15) is 16.1 Å². The van der Waals surface area contributed by atoms with Gasteiger partial charge in [0.1, 0.15) is 17.0 Å². The van der Waals surface area contributed by atoms with Crippen molar-refractivity contribution in [2.45, 2.75) is 6.92 Å². The Kier molecular flexibility index (Phi) is 5.67.